The van der Waals surface area contributed by atoms with Crippen molar-refractivity contribution < 1.29 is 9.15 Å². The van der Waals surface area contributed by atoms with Gasteiger partial charge in [-0.25, -0.2) is 0 Å². The summed E-state index contributed by atoms with van der Waals surface area (Å²) in [6, 6.07) is 16.9. The van der Waals surface area contributed by atoms with Crippen LogP contribution in [0, 0.1) is 11.3 Å². The van der Waals surface area contributed by atoms with Crippen LogP contribution in [0.15, 0.2) is 52.9 Å². The van der Waals surface area contributed by atoms with E-state index in [0.717, 1.165) is 10.9 Å². The van der Waals surface area contributed by atoms with Gasteiger partial charge in [-0.05, 0) is 18.2 Å². The second-order valence-corrected chi connectivity index (χ2v) is 4.48. The number of hydrogen-bond donors (Lipinski definition) is 0. The zero-order chi connectivity index (χ0) is 13.9. The Morgan fingerprint density at radius 1 is 1.10 bits per heavy atom. The Kier molecular flexibility index (Phi) is 3.32. The highest BCUT2D eigenvalue weighted by atomic mass is 35.5. The lowest BCUT2D eigenvalue weighted by Gasteiger charge is -2.08. The van der Waals surface area contributed by atoms with Crippen LogP contribution in [-0.2, 0) is 5.88 Å². The Hall–Kier alpha value is -2.44. The second kappa shape index (κ2) is 5.28. The average molecular weight is 284 g/mol. The summed E-state index contributed by atoms with van der Waals surface area (Å²) < 4.78 is 11.3. The molecule has 0 N–H and O–H groups in total. The minimum atomic E-state index is 0.163. The smallest absolute Gasteiger partial charge is 0.247 e. The van der Waals surface area contributed by atoms with E-state index in [-0.39, 0.29) is 5.76 Å². The van der Waals surface area contributed by atoms with Gasteiger partial charge in [0.25, 0.3) is 0 Å². The molecule has 98 valence electrons. The molecule has 0 atom stereocenters. The van der Waals surface area contributed by atoms with Crippen LogP contribution in [0.1, 0.15) is 11.3 Å². The fraction of sp³-hybridized carbons (Fsp3) is 0.0625. The molecule has 1 heterocycles. The highest BCUT2D eigenvalue weighted by Gasteiger charge is 2.16. The Morgan fingerprint density at radius 2 is 1.85 bits per heavy atom. The third-order valence-corrected chi connectivity index (χ3v) is 3.27. The van der Waals surface area contributed by atoms with Crippen molar-refractivity contribution in [2.75, 3.05) is 0 Å². The molecule has 0 spiro atoms. The highest BCUT2D eigenvalue weighted by molar-refractivity contribution is 6.17. The molecule has 4 heteroatoms. The van der Waals surface area contributed by atoms with Crippen molar-refractivity contribution in [2.45, 2.75) is 5.88 Å². The number of nitrogens with zero attached hydrogens (tertiary/aromatic N) is 1. The van der Waals surface area contributed by atoms with E-state index in [2.05, 4.69) is 0 Å². The summed E-state index contributed by atoms with van der Waals surface area (Å²) in [5, 5.41) is 9.95. The number of ether oxygens (including phenoxy) is 1. The summed E-state index contributed by atoms with van der Waals surface area (Å²) in [5.74, 6) is 1.56. The lowest BCUT2D eigenvalue weighted by molar-refractivity contribution is 0.463. The summed E-state index contributed by atoms with van der Waals surface area (Å²) in [6.07, 6.45) is 0. The average Bonchev–Trinajstić information content (AvgIpc) is 2.86. The van der Waals surface area contributed by atoms with Gasteiger partial charge in [0.1, 0.15) is 17.4 Å². The maximum Gasteiger partial charge on any atom is 0.247 e. The third kappa shape index (κ3) is 2.11. The Bertz CT molecular complexity index is 802. The fourth-order valence-electron chi connectivity index (χ4n) is 2.02. The number of furan rings is 1. The summed E-state index contributed by atoms with van der Waals surface area (Å²) in [4.78, 5) is 0. The Morgan fingerprint density at radius 3 is 2.65 bits per heavy atom. The van der Waals surface area contributed by atoms with Gasteiger partial charge in [0.2, 0.25) is 5.76 Å². The number of hydrogen-bond acceptors (Lipinski definition) is 3. The molecule has 3 rings (SSSR count). The van der Waals surface area contributed by atoms with Crippen molar-refractivity contribution in [3.05, 3.63) is 59.9 Å². The maximum absolute atomic E-state index is 9.17. The predicted molar refractivity (Wildman–Crippen MR) is 77.0 cm³/mol. The quantitative estimate of drug-likeness (QED) is 0.646. The van der Waals surface area contributed by atoms with Gasteiger partial charge in [-0.2, -0.15) is 5.26 Å². The number of halogens is 1. The predicted octanol–water partition coefficient (Wildman–Crippen LogP) is 4.84. The lowest BCUT2D eigenvalue weighted by atomic mass is 10.2. The van der Waals surface area contributed by atoms with E-state index in [9.17, 15) is 5.26 Å². The molecule has 1 aromatic heterocycles. The summed E-state index contributed by atoms with van der Waals surface area (Å²) in [6.45, 7) is 0. The van der Waals surface area contributed by atoms with Crippen molar-refractivity contribution in [1.29, 1.82) is 5.26 Å². The van der Waals surface area contributed by atoms with Crippen molar-refractivity contribution >= 4 is 22.6 Å². The molecule has 0 saturated carbocycles. The molecule has 2 aromatic carbocycles. The molecule has 0 bridgehead atoms. The first-order valence-corrected chi connectivity index (χ1v) is 6.60. The summed E-state index contributed by atoms with van der Waals surface area (Å²) >= 11 is 5.90. The van der Waals surface area contributed by atoms with E-state index >= 15 is 0 Å². The van der Waals surface area contributed by atoms with Crippen LogP contribution in [0.4, 0.5) is 0 Å². The van der Waals surface area contributed by atoms with E-state index in [0.29, 0.717) is 23.0 Å². The highest BCUT2D eigenvalue weighted by Crippen LogP contribution is 2.37. The standard InChI is InChI=1S/C16H10ClNO2/c17-9-11-5-1-3-7-13(11)20-16-12-6-2-4-8-14(12)19-15(16)10-18/h1-8H,9H2. The summed E-state index contributed by atoms with van der Waals surface area (Å²) in [5.41, 5.74) is 1.49. The molecular formula is C16H10ClNO2. The van der Waals surface area contributed by atoms with Crippen molar-refractivity contribution in [2.24, 2.45) is 0 Å². The van der Waals surface area contributed by atoms with Crippen LogP contribution < -0.4 is 4.74 Å². The van der Waals surface area contributed by atoms with Gasteiger partial charge in [-0.1, -0.05) is 30.3 Å². The van der Waals surface area contributed by atoms with Crippen molar-refractivity contribution in [1.82, 2.24) is 0 Å². The minimum Gasteiger partial charge on any atom is -0.452 e. The number of fused-ring (bicyclic) bond motifs is 1. The zero-order valence-electron chi connectivity index (χ0n) is 10.5. The van der Waals surface area contributed by atoms with E-state index < -0.39 is 0 Å². The van der Waals surface area contributed by atoms with Gasteiger partial charge in [0.15, 0.2) is 5.75 Å². The number of rotatable bonds is 3. The van der Waals surface area contributed by atoms with Crippen LogP contribution >= 0.6 is 11.6 Å². The molecule has 20 heavy (non-hydrogen) atoms. The first kappa shape index (κ1) is 12.6. The molecule has 0 radical (unpaired) electrons. The zero-order valence-corrected chi connectivity index (χ0v) is 11.2. The SMILES string of the molecule is N#Cc1oc2ccccc2c1Oc1ccccc1CCl. The summed E-state index contributed by atoms with van der Waals surface area (Å²) in [7, 11) is 0. The van der Waals surface area contributed by atoms with Gasteiger partial charge < -0.3 is 9.15 Å². The Balaban J connectivity index is 2.13. The van der Waals surface area contributed by atoms with Gasteiger partial charge in [-0.3, -0.25) is 0 Å². The fourth-order valence-corrected chi connectivity index (χ4v) is 2.24. The lowest BCUT2D eigenvalue weighted by Crippen LogP contribution is -1.90. The van der Waals surface area contributed by atoms with Crippen molar-refractivity contribution in [3.63, 3.8) is 0 Å². The van der Waals surface area contributed by atoms with E-state index in [1.807, 2.05) is 48.5 Å². The van der Waals surface area contributed by atoms with Gasteiger partial charge in [-0.15, -0.1) is 11.6 Å². The molecule has 0 fully saturated rings. The molecule has 3 nitrogen and oxygen atoms in total. The molecule has 0 aliphatic heterocycles. The number of para-hydroxylation sites is 2. The number of benzene rings is 2. The van der Waals surface area contributed by atoms with Crippen LogP contribution in [0.3, 0.4) is 0 Å². The molecule has 0 unspecified atom stereocenters. The Labute approximate surface area is 121 Å². The van der Waals surface area contributed by atoms with Gasteiger partial charge >= 0.3 is 0 Å². The number of alkyl halides is 1. The maximum atomic E-state index is 9.17. The van der Waals surface area contributed by atoms with Crippen LogP contribution in [0.25, 0.3) is 11.0 Å². The monoisotopic (exact) mass is 283 g/mol. The van der Waals surface area contributed by atoms with Crippen LogP contribution in [-0.4, -0.2) is 0 Å². The number of nitriles is 1. The first-order chi connectivity index (χ1) is 9.83. The van der Waals surface area contributed by atoms with Gasteiger partial charge in [0.05, 0.1) is 11.3 Å². The molecule has 0 amide bonds. The largest absolute Gasteiger partial charge is 0.452 e. The second-order valence-electron chi connectivity index (χ2n) is 4.21. The van der Waals surface area contributed by atoms with Crippen LogP contribution in [0.2, 0.25) is 0 Å². The topological polar surface area (TPSA) is 46.2 Å². The molecule has 0 aliphatic rings. The van der Waals surface area contributed by atoms with Crippen LogP contribution in [0.5, 0.6) is 11.5 Å². The first-order valence-electron chi connectivity index (χ1n) is 6.07. The van der Waals surface area contributed by atoms with E-state index in [4.69, 9.17) is 20.8 Å². The molecular weight excluding hydrogens is 274 g/mol. The molecule has 0 aliphatic carbocycles. The minimum absolute atomic E-state index is 0.163. The van der Waals surface area contributed by atoms with E-state index in [1.165, 1.54) is 0 Å². The van der Waals surface area contributed by atoms with Crippen molar-refractivity contribution in [3.8, 4) is 17.6 Å². The molecule has 3 aromatic rings. The third-order valence-electron chi connectivity index (χ3n) is 2.98. The normalized spacial score (nSPS) is 10.4. The van der Waals surface area contributed by atoms with Gasteiger partial charge in [0, 0.05) is 5.56 Å². The van der Waals surface area contributed by atoms with E-state index in [1.54, 1.807) is 6.07 Å². The molecule has 0 saturated heterocycles.